The van der Waals surface area contributed by atoms with Crippen LogP contribution in [0, 0.1) is 0 Å². The van der Waals surface area contributed by atoms with Crippen LogP contribution in [0.15, 0.2) is 53.1 Å². The van der Waals surface area contributed by atoms with E-state index in [9.17, 15) is 4.79 Å². The van der Waals surface area contributed by atoms with Crippen molar-refractivity contribution < 1.29 is 14.1 Å². The van der Waals surface area contributed by atoms with Gasteiger partial charge in [0.05, 0.1) is 7.11 Å². The Morgan fingerprint density at radius 1 is 1.26 bits per heavy atom. The topological polar surface area (TPSA) is 68.5 Å². The second-order valence-electron chi connectivity index (χ2n) is 6.69. The zero-order valence-electron chi connectivity index (χ0n) is 15.4. The summed E-state index contributed by atoms with van der Waals surface area (Å²) in [6.07, 6.45) is 1.64. The van der Waals surface area contributed by atoms with E-state index in [-0.39, 0.29) is 11.9 Å². The Morgan fingerprint density at radius 3 is 2.96 bits per heavy atom. The minimum atomic E-state index is 0.0774. The van der Waals surface area contributed by atoms with E-state index >= 15 is 0 Å². The van der Waals surface area contributed by atoms with Crippen molar-refractivity contribution in [2.75, 3.05) is 12.0 Å². The lowest BCUT2D eigenvalue weighted by molar-refractivity contribution is -0.118. The number of benzene rings is 2. The van der Waals surface area contributed by atoms with Gasteiger partial charge in [0.25, 0.3) is 0 Å². The number of rotatable bonds is 5. The van der Waals surface area contributed by atoms with Crippen LogP contribution in [0.2, 0.25) is 0 Å². The zero-order chi connectivity index (χ0) is 18.8. The summed E-state index contributed by atoms with van der Waals surface area (Å²) in [6.45, 7) is 2.07. The van der Waals surface area contributed by atoms with Crippen molar-refractivity contribution in [2.45, 2.75) is 32.2 Å². The van der Waals surface area contributed by atoms with E-state index in [4.69, 9.17) is 9.26 Å². The standard InChI is InChI=1S/C21H21N3O3/c1-14-12-15-6-3-4-9-18(15)24(14)20(25)11-10-19-22-21(23-27-19)16-7-5-8-17(13-16)26-2/h3-9,13-14H,10-12H2,1-2H3/t14-/m1/s1. The number of hydrogen-bond acceptors (Lipinski definition) is 5. The second-order valence-corrected chi connectivity index (χ2v) is 6.69. The molecule has 3 aromatic rings. The number of carbonyl (C=O) groups is 1. The Kier molecular flexibility index (Phi) is 4.62. The molecule has 0 aliphatic carbocycles. The third-order valence-corrected chi connectivity index (χ3v) is 4.82. The molecule has 1 aliphatic heterocycles. The molecule has 6 nitrogen and oxygen atoms in total. The molecule has 1 aromatic heterocycles. The van der Waals surface area contributed by atoms with Crippen molar-refractivity contribution in [2.24, 2.45) is 0 Å². The molecule has 1 aliphatic rings. The van der Waals surface area contributed by atoms with Gasteiger partial charge < -0.3 is 14.2 Å². The molecule has 6 heteroatoms. The minimum absolute atomic E-state index is 0.0774. The van der Waals surface area contributed by atoms with Crippen molar-refractivity contribution in [1.82, 2.24) is 10.1 Å². The van der Waals surface area contributed by atoms with Gasteiger partial charge in [0.1, 0.15) is 5.75 Å². The first kappa shape index (κ1) is 17.3. The Balaban J connectivity index is 1.44. The van der Waals surface area contributed by atoms with Crippen LogP contribution in [-0.4, -0.2) is 29.2 Å². The molecule has 0 radical (unpaired) electrons. The number of aryl methyl sites for hydroxylation is 1. The normalized spacial score (nSPS) is 15.6. The molecular formula is C21H21N3O3. The summed E-state index contributed by atoms with van der Waals surface area (Å²) in [5.74, 6) is 1.77. The van der Waals surface area contributed by atoms with Crippen LogP contribution in [0.1, 0.15) is 24.8 Å². The Morgan fingerprint density at radius 2 is 2.11 bits per heavy atom. The number of fused-ring (bicyclic) bond motifs is 1. The fraction of sp³-hybridized carbons (Fsp3) is 0.286. The Bertz CT molecular complexity index is 967. The van der Waals surface area contributed by atoms with Crippen molar-refractivity contribution in [1.29, 1.82) is 0 Å². The molecule has 138 valence electrons. The lowest BCUT2D eigenvalue weighted by Crippen LogP contribution is -2.35. The first-order valence-electron chi connectivity index (χ1n) is 9.02. The number of amides is 1. The summed E-state index contributed by atoms with van der Waals surface area (Å²) in [7, 11) is 1.61. The van der Waals surface area contributed by atoms with Crippen LogP contribution in [0.4, 0.5) is 5.69 Å². The maximum atomic E-state index is 12.8. The fourth-order valence-corrected chi connectivity index (χ4v) is 3.52. The van der Waals surface area contributed by atoms with Crippen molar-refractivity contribution in [3.05, 3.63) is 60.0 Å². The third kappa shape index (κ3) is 3.43. The largest absolute Gasteiger partial charge is 0.497 e. The lowest BCUT2D eigenvalue weighted by Gasteiger charge is -2.22. The first-order valence-corrected chi connectivity index (χ1v) is 9.02. The van der Waals surface area contributed by atoms with Gasteiger partial charge in [-0.3, -0.25) is 4.79 Å². The molecule has 27 heavy (non-hydrogen) atoms. The van der Waals surface area contributed by atoms with E-state index in [1.165, 1.54) is 5.56 Å². The number of aromatic nitrogens is 2. The van der Waals surface area contributed by atoms with E-state index in [1.807, 2.05) is 47.4 Å². The lowest BCUT2D eigenvalue weighted by atomic mass is 10.1. The molecule has 0 N–H and O–H groups in total. The molecule has 4 rings (SSSR count). The Hall–Kier alpha value is -3.15. The number of nitrogens with zero attached hydrogens (tertiary/aromatic N) is 3. The van der Waals surface area contributed by atoms with Crippen LogP contribution in [0.25, 0.3) is 11.4 Å². The number of para-hydroxylation sites is 1. The van der Waals surface area contributed by atoms with Crippen LogP contribution >= 0.6 is 0 Å². The Labute approximate surface area is 157 Å². The number of ether oxygens (including phenoxy) is 1. The van der Waals surface area contributed by atoms with E-state index in [1.54, 1.807) is 7.11 Å². The molecule has 1 atom stereocenters. The summed E-state index contributed by atoms with van der Waals surface area (Å²) < 4.78 is 10.6. The van der Waals surface area contributed by atoms with Crippen LogP contribution in [0.3, 0.4) is 0 Å². The van der Waals surface area contributed by atoms with Crippen molar-refractivity contribution in [3.8, 4) is 17.1 Å². The molecule has 2 heterocycles. The van der Waals surface area contributed by atoms with E-state index < -0.39 is 0 Å². The van der Waals surface area contributed by atoms with Crippen LogP contribution in [0.5, 0.6) is 5.75 Å². The number of hydrogen-bond donors (Lipinski definition) is 0. The monoisotopic (exact) mass is 363 g/mol. The van der Waals surface area contributed by atoms with Gasteiger partial charge in [-0.1, -0.05) is 35.5 Å². The highest BCUT2D eigenvalue weighted by atomic mass is 16.5. The summed E-state index contributed by atoms with van der Waals surface area (Å²) in [4.78, 5) is 19.1. The van der Waals surface area contributed by atoms with Gasteiger partial charge in [-0.2, -0.15) is 4.98 Å². The van der Waals surface area contributed by atoms with Gasteiger partial charge in [0, 0.05) is 30.1 Å². The van der Waals surface area contributed by atoms with Crippen LogP contribution in [-0.2, 0) is 17.6 Å². The maximum Gasteiger partial charge on any atom is 0.227 e. The van der Waals surface area contributed by atoms with E-state index in [0.717, 1.165) is 23.4 Å². The smallest absolute Gasteiger partial charge is 0.227 e. The molecule has 2 aromatic carbocycles. The summed E-state index contributed by atoms with van der Waals surface area (Å²) in [5.41, 5.74) is 3.05. The highest BCUT2D eigenvalue weighted by Crippen LogP contribution is 2.32. The number of methoxy groups -OCH3 is 1. The molecule has 1 amide bonds. The molecule has 0 saturated carbocycles. The maximum absolute atomic E-state index is 12.8. The molecule has 0 bridgehead atoms. The van der Waals surface area contributed by atoms with Crippen molar-refractivity contribution in [3.63, 3.8) is 0 Å². The predicted octanol–water partition coefficient (Wildman–Crippen LogP) is 3.66. The highest BCUT2D eigenvalue weighted by Gasteiger charge is 2.30. The average molecular weight is 363 g/mol. The summed E-state index contributed by atoms with van der Waals surface area (Å²) >= 11 is 0. The molecule has 0 unspecified atom stereocenters. The molecule has 0 spiro atoms. The summed E-state index contributed by atoms with van der Waals surface area (Å²) in [6, 6.07) is 15.7. The minimum Gasteiger partial charge on any atom is -0.497 e. The SMILES string of the molecule is COc1cccc(-c2noc(CCC(=O)N3c4ccccc4C[C@H]3C)n2)c1. The molecule has 0 saturated heterocycles. The second kappa shape index (κ2) is 7.23. The predicted molar refractivity (Wildman–Crippen MR) is 102 cm³/mol. The zero-order valence-corrected chi connectivity index (χ0v) is 15.4. The van der Waals surface area contributed by atoms with Gasteiger partial charge in [0.15, 0.2) is 0 Å². The quantitative estimate of drug-likeness (QED) is 0.692. The first-order chi connectivity index (χ1) is 13.2. The van der Waals surface area contributed by atoms with Gasteiger partial charge in [-0.25, -0.2) is 0 Å². The molecular weight excluding hydrogens is 342 g/mol. The number of carbonyl (C=O) groups excluding carboxylic acids is 1. The van der Waals surface area contributed by atoms with Gasteiger partial charge >= 0.3 is 0 Å². The van der Waals surface area contributed by atoms with Crippen molar-refractivity contribution >= 4 is 11.6 Å². The van der Waals surface area contributed by atoms with E-state index in [0.29, 0.717) is 24.6 Å². The fourth-order valence-electron chi connectivity index (χ4n) is 3.52. The van der Waals surface area contributed by atoms with E-state index in [2.05, 4.69) is 23.1 Å². The van der Waals surface area contributed by atoms with Gasteiger partial charge in [0.2, 0.25) is 17.6 Å². The highest BCUT2D eigenvalue weighted by molar-refractivity contribution is 5.96. The third-order valence-electron chi connectivity index (χ3n) is 4.82. The summed E-state index contributed by atoms with van der Waals surface area (Å²) in [5, 5.41) is 4.02. The van der Waals surface area contributed by atoms with Gasteiger partial charge in [-0.05, 0) is 37.1 Å². The molecule has 0 fully saturated rings. The average Bonchev–Trinajstić information content (AvgIpc) is 3.30. The van der Waals surface area contributed by atoms with Gasteiger partial charge in [-0.15, -0.1) is 0 Å². The van der Waals surface area contributed by atoms with Crippen LogP contribution < -0.4 is 9.64 Å². The number of anilines is 1.